The zero-order valence-corrected chi connectivity index (χ0v) is 20.5. The second-order valence-corrected chi connectivity index (χ2v) is 11.7. The Morgan fingerprint density at radius 1 is 1.00 bits per heavy atom. The van der Waals surface area contributed by atoms with Gasteiger partial charge in [0.15, 0.2) is 5.94 Å². The molecule has 0 bridgehead atoms. The van der Waals surface area contributed by atoms with E-state index in [1.165, 1.54) is 28.6 Å². The third-order valence-electron chi connectivity index (χ3n) is 5.86. The SMILES string of the molecule is Cc1ccc(NS(=O)(=O)c2ccc(N3CCOCS3(=O)=O)cc2)cc1-c1nccc2ccccc12. The van der Waals surface area contributed by atoms with Gasteiger partial charge in [0.05, 0.1) is 29.4 Å². The molecule has 1 aliphatic heterocycles. The highest BCUT2D eigenvalue weighted by Crippen LogP contribution is 2.32. The summed E-state index contributed by atoms with van der Waals surface area (Å²) in [5.41, 5.74) is 3.37. The molecule has 10 heteroatoms. The summed E-state index contributed by atoms with van der Waals surface area (Å²) >= 11 is 0. The Kier molecular flexibility index (Phi) is 5.96. The number of hydrogen-bond donors (Lipinski definition) is 1. The van der Waals surface area contributed by atoms with Crippen molar-refractivity contribution in [2.45, 2.75) is 11.8 Å². The molecule has 0 aliphatic carbocycles. The number of aryl methyl sites for hydroxylation is 1. The molecule has 0 spiro atoms. The van der Waals surface area contributed by atoms with Crippen LogP contribution >= 0.6 is 0 Å². The fourth-order valence-corrected chi connectivity index (χ4v) is 6.39. The first-order valence-corrected chi connectivity index (χ1v) is 14.0. The Hall–Kier alpha value is -3.47. The molecular weight excluding hydrogens is 486 g/mol. The number of aromatic nitrogens is 1. The summed E-state index contributed by atoms with van der Waals surface area (Å²) in [6.07, 6.45) is 1.74. The summed E-state index contributed by atoms with van der Waals surface area (Å²) < 4.78 is 59.5. The van der Waals surface area contributed by atoms with Gasteiger partial charge in [-0.05, 0) is 60.3 Å². The third-order valence-corrected chi connectivity index (χ3v) is 8.79. The van der Waals surface area contributed by atoms with Crippen LogP contribution in [0.15, 0.2) is 83.9 Å². The summed E-state index contributed by atoms with van der Waals surface area (Å²) in [4.78, 5) is 4.58. The van der Waals surface area contributed by atoms with Gasteiger partial charge in [-0.25, -0.2) is 16.8 Å². The second kappa shape index (κ2) is 8.95. The highest BCUT2D eigenvalue weighted by atomic mass is 32.2. The van der Waals surface area contributed by atoms with Crippen molar-refractivity contribution >= 4 is 42.2 Å². The Bertz CT molecular complexity index is 1610. The van der Waals surface area contributed by atoms with Crippen LogP contribution in [0.3, 0.4) is 0 Å². The molecule has 1 aliphatic rings. The molecular formula is C25H23N3O5S2. The predicted molar refractivity (Wildman–Crippen MR) is 136 cm³/mol. The lowest BCUT2D eigenvalue weighted by Gasteiger charge is -2.28. The Balaban J connectivity index is 1.44. The zero-order chi connectivity index (χ0) is 24.6. The molecule has 2 heterocycles. The number of nitrogens with one attached hydrogen (secondary N) is 1. The molecule has 35 heavy (non-hydrogen) atoms. The van der Waals surface area contributed by atoms with Crippen LogP contribution in [0, 0.1) is 6.92 Å². The largest absolute Gasteiger partial charge is 0.362 e. The zero-order valence-electron chi connectivity index (χ0n) is 18.9. The number of benzene rings is 3. The topological polar surface area (TPSA) is 106 Å². The van der Waals surface area contributed by atoms with Gasteiger partial charge < -0.3 is 4.74 Å². The molecule has 1 aromatic heterocycles. The maximum Gasteiger partial charge on any atom is 0.261 e. The molecule has 5 rings (SSSR count). The number of rotatable bonds is 5. The molecule has 0 amide bonds. The summed E-state index contributed by atoms with van der Waals surface area (Å²) in [6, 6.07) is 20.9. The molecule has 1 saturated heterocycles. The van der Waals surface area contributed by atoms with Crippen molar-refractivity contribution in [2.75, 3.05) is 28.1 Å². The first-order chi connectivity index (χ1) is 16.7. The smallest absolute Gasteiger partial charge is 0.261 e. The monoisotopic (exact) mass is 509 g/mol. The molecule has 0 unspecified atom stereocenters. The summed E-state index contributed by atoms with van der Waals surface area (Å²) in [5.74, 6) is -0.393. The van der Waals surface area contributed by atoms with Gasteiger partial charge >= 0.3 is 0 Å². The minimum absolute atomic E-state index is 0.0253. The quantitative estimate of drug-likeness (QED) is 0.434. The minimum atomic E-state index is -3.91. The van der Waals surface area contributed by atoms with E-state index in [-0.39, 0.29) is 18.0 Å². The van der Waals surface area contributed by atoms with Crippen LogP contribution in [0.4, 0.5) is 11.4 Å². The van der Waals surface area contributed by atoms with E-state index in [1.807, 2.05) is 43.3 Å². The number of hydrogen-bond acceptors (Lipinski definition) is 6. The maximum absolute atomic E-state index is 13.1. The Morgan fingerprint density at radius 2 is 1.77 bits per heavy atom. The van der Waals surface area contributed by atoms with Crippen LogP contribution in [0.1, 0.15) is 5.56 Å². The van der Waals surface area contributed by atoms with Gasteiger partial charge in [-0.1, -0.05) is 30.3 Å². The van der Waals surface area contributed by atoms with Gasteiger partial charge in [-0.3, -0.25) is 14.0 Å². The van der Waals surface area contributed by atoms with Gasteiger partial charge in [-0.15, -0.1) is 0 Å². The number of sulfonamides is 2. The lowest BCUT2D eigenvalue weighted by atomic mass is 10.00. The van der Waals surface area contributed by atoms with E-state index in [9.17, 15) is 16.8 Å². The standard InChI is InChI=1S/C25H23N3O5S2/c1-18-6-7-20(16-24(18)25-23-5-3-2-4-19(23)12-13-26-25)27-35(31,32)22-10-8-21(9-11-22)28-14-15-33-17-34(28,29)30/h2-13,16,27H,14-15,17H2,1H3. The molecule has 1 N–H and O–H groups in total. The van der Waals surface area contributed by atoms with E-state index in [2.05, 4.69) is 9.71 Å². The van der Waals surface area contributed by atoms with E-state index in [1.54, 1.807) is 18.3 Å². The van der Waals surface area contributed by atoms with Gasteiger partial charge in [0.1, 0.15) is 0 Å². The van der Waals surface area contributed by atoms with Gasteiger partial charge in [0.2, 0.25) is 0 Å². The van der Waals surface area contributed by atoms with Crippen LogP contribution < -0.4 is 9.03 Å². The number of pyridine rings is 1. The molecule has 8 nitrogen and oxygen atoms in total. The maximum atomic E-state index is 13.1. The first kappa shape index (κ1) is 23.3. The highest BCUT2D eigenvalue weighted by Gasteiger charge is 2.27. The van der Waals surface area contributed by atoms with Crippen LogP contribution in [0.2, 0.25) is 0 Å². The lowest BCUT2D eigenvalue weighted by Crippen LogP contribution is -2.41. The van der Waals surface area contributed by atoms with Crippen LogP contribution in [0.5, 0.6) is 0 Å². The number of nitrogens with zero attached hydrogens (tertiary/aromatic N) is 2. The first-order valence-electron chi connectivity index (χ1n) is 10.9. The van der Waals surface area contributed by atoms with Crippen molar-refractivity contribution < 1.29 is 21.6 Å². The molecule has 3 aromatic carbocycles. The fraction of sp³-hybridized carbons (Fsp3) is 0.160. The number of ether oxygens (including phenoxy) is 1. The molecule has 0 radical (unpaired) electrons. The Morgan fingerprint density at radius 3 is 2.54 bits per heavy atom. The molecule has 0 atom stereocenters. The van der Waals surface area contributed by atoms with Crippen molar-refractivity contribution in [1.29, 1.82) is 0 Å². The highest BCUT2D eigenvalue weighted by molar-refractivity contribution is 7.93. The van der Waals surface area contributed by atoms with Gasteiger partial charge in [0.25, 0.3) is 20.0 Å². The van der Waals surface area contributed by atoms with E-state index in [0.29, 0.717) is 11.4 Å². The van der Waals surface area contributed by atoms with Crippen molar-refractivity contribution in [1.82, 2.24) is 4.98 Å². The van der Waals surface area contributed by atoms with E-state index >= 15 is 0 Å². The summed E-state index contributed by atoms with van der Waals surface area (Å²) in [7, 11) is -7.49. The van der Waals surface area contributed by atoms with E-state index in [4.69, 9.17) is 4.74 Å². The number of fused-ring (bicyclic) bond motifs is 1. The van der Waals surface area contributed by atoms with Gasteiger partial charge in [-0.2, -0.15) is 0 Å². The van der Waals surface area contributed by atoms with Crippen LogP contribution in [-0.2, 0) is 24.8 Å². The Labute approximate surface area is 204 Å². The molecule has 180 valence electrons. The minimum Gasteiger partial charge on any atom is -0.362 e. The molecule has 1 fully saturated rings. The van der Waals surface area contributed by atoms with Crippen molar-refractivity contribution in [3.8, 4) is 11.3 Å². The summed E-state index contributed by atoms with van der Waals surface area (Å²) in [6.45, 7) is 2.42. The molecule has 0 saturated carbocycles. The summed E-state index contributed by atoms with van der Waals surface area (Å²) in [5, 5.41) is 2.03. The fourth-order valence-electron chi connectivity index (χ4n) is 4.08. The lowest BCUT2D eigenvalue weighted by molar-refractivity contribution is 0.175. The predicted octanol–water partition coefficient (Wildman–Crippen LogP) is 4.13. The van der Waals surface area contributed by atoms with Crippen LogP contribution in [0.25, 0.3) is 22.0 Å². The average molecular weight is 510 g/mol. The third kappa shape index (κ3) is 4.60. The van der Waals surface area contributed by atoms with Crippen molar-refractivity contribution in [3.63, 3.8) is 0 Å². The number of anilines is 2. The second-order valence-electron chi connectivity index (χ2n) is 8.22. The normalized spacial score (nSPS) is 15.7. The molecule has 4 aromatic rings. The van der Waals surface area contributed by atoms with Crippen molar-refractivity contribution in [3.05, 3.63) is 84.6 Å². The van der Waals surface area contributed by atoms with Gasteiger partial charge in [0, 0.05) is 22.8 Å². The average Bonchev–Trinajstić information content (AvgIpc) is 2.85. The van der Waals surface area contributed by atoms with Crippen LogP contribution in [-0.4, -0.2) is 40.9 Å². The van der Waals surface area contributed by atoms with E-state index < -0.39 is 26.0 Å². The van der Waals surface area contributed by atoms with E-state index in [0.717, 1.165) is 27.6 Å². The van der Waals surface area contributed by atoms with Crippen molar-refractivity contribution in [2.24, 2.45) is 0 Å².